The standard InChI is InChI=1S/C6H13FS/c1-2-8-6-4-3-5-7/h2-6H2,1H3. The molecule has 0 aliphatic rings. The van der Waals surface area contributed by atoms with E-state index in [2.05, 4.69) is 6.92 Å². The van der Waals surface area contributed by atoms with E-state index in [9.17, 15) is 4.39 Å². The van der Waals surface area contributed by atoms with Gasteiger partial charge in [-0.05, 0) is 24.3 Å². The van der Waals surface area contributed by atoms with E-state index in [-0.39, 0.29) is 6.67 Å². The maximum atomic E-state index is 11.4. The van der Waals surface area contributed by atoms with Crippen molar-refractivity contribution in [3.8, 4) is 0 Å². The molecule has 0 N–H and O–H groups in total. The summed E-state index contributed by atoms with van der Waals surface area (Å²) in [4.78, 5) is 0. The van der Waals surface area contributed by atoms with Crippen molar-refractivity contribution in [3.05, 3.63) is 0 Å². The van der Waals surface area contributed by atoms with Gasteiger partial charge in [0.05, 0.1) is 6.67 Å². The SMILES string of the molecule is CCSCCCCF. The summed E-state index contributed by atoms with van der Waals surface area (Å²) in [5, 5.41) is 0. The molecule has 0 rings (SSSR count). The Morgan fingerprint density at radius 3 is 2.62 bits per heavy atom. The molecule has 0 aromatic carbocycles. The molecule has 0 aliphatic carbocycles. The first-order chi connectivity index (χ1) is 3.91. The predicted octanol–water partition coefficient (Wildman–Crippen LogP) is 2.49. The lowest BCUT2D eigenvalue weighted by Crippen LogP contribution is -1.81. The maximum Gasteiger partial charge on any atom is 0.0894 e. The summed E-state index contributed by atoms with van der Waals surface area (Å²) in [5.41, 5.74) is 0. The number of thioether (sulfide) groups is 1. The number of alkyl halides is 1. The van der Waals surface area contributed by atoms with Gasteiger partial charge in [-0.1, -0.05) is 6.92 Å². The molecule has 0 atom stereocenters. The molecular weight excluding hydrogens is 123 g/mol. The Balaban J connectivity index is 2.53. The lowest BCUT2D eigenvalue weighted by atomic mass is 10.4. The van der Waals surface area contributed by atoms with Crippen LogP contribution in [0.5, 0.6) is 0 Å². The zero-order valence-electron chi connectivity index (χ0n) is 5.32. The van der Waals surface area contributed by atoms with Gasteiger partial charge in [0.25, 0.3) is 0 Å². The Labute approximate surface area is 54.9 Å². The lowest BCUT2D eigenvalue weighted by Gasteiger charge is -1.92. The van der Waals surface area contributed by atoms with Crippen LogP contribution in [0.4, 0.5) is 4.39 Å². The average molecular weight is 136 g/mol. The summed E-state index contributed by atoms with van der Waals surface area (Å²) in [6.45, 7) is 1.98. The highest BCUT2D eigenvalue weighted by Gasteiger charge is 1.85. The summed E-state index contributed by atoms with van der Waals surface area (Å²) >= 11 is 1.88. The van der Waals surface area contributed by atoms with Crippen LogP contribution in [0.15, 0.2) is 0 Å². The van der Waals surface area contributed by atoms with Gasteiger partial charge >= 0.3 is 0 Å². The predicted molar refractivity (Wildman–Crippen MR) is 38.2 cm³/mol. The molecule has 0 fully saturated rings. The molecule has 8 heavy (non-hydrogen) atoms. The molecule has 0 unspecified atom stereocenters. The molecule has 0 nitrogen and oxygen atoms in total. The first kappa shape index (κ1) is 8.28. The van der Waals surface area contributed by atoms with Crippen molar-refractivity contribution in [2.75, 3.05) is 18.2 Å². The molecule has 0 aromatic heterocycles. The van der Waals surface area contributed by atoms with E-state index in [1.54, 1.807) is 0 Å². The monoisotopic (exact) mass is 136 g/mol. The molecule has 0 radical (unpaired) electrons. The number of halogens is 1. The first-order valence-corrected chi connectivity index (χ1v) is 4.21. The molecule has 0 heterocycles. The molecule has 0 bridgehead atoms. The quantitative estimate of drug-likeness (QED) is 0.523. The fourth-order valence-corrected chi connectivity index (χ4v) is 1.14. The topological polar surface area (TPSA) is 0 Å². The van der Waals surface area contributed by atoms with Gasteiger partial charge in [-0.2, -0.15) is 11.8 Å². The second-order valence-corrected chi connectivity index (χ2v) is 2.99. The van der Waals surface area contributed by atoms with E-state index >= 15 is 0 Å². The summed E-state index contributed by atoms with van der Waals surface area (Å²) < 4.78 is 11.4. The van der Waals surface area contributed by atoms with Crippen molar-refractivity contribution >= 4 is 11.8 Å². The molecular formula is C6H13FS. The molecule has 0 saturated heterocycles. The van der Waals surface area contributed by atoms with Crippen molar-refractivity contribution in [2.45, 2.75) is 19.8 Å². The van der Waals surface area contributed by atoms with Crippen LogP contribution >= 0.6 is 11.8 Å². The minimum Gasteiger partial charge on any atom is -0.251 e. The third kappa shape index (κ3) is 6.28. The fraction of sp³-hybridized carbons (Fsp3) is 1.00. The van der Waals surface area contributed by atoms with Crippen LogP contribution in [0.1, 0.15) is 19.8 Å². The average Bonchev–Trinajstić information content (AvgIpc) is 1.81. The molecule has 0 aromatic rings. The molecule has 0 spiro atoms. The van der Waals surface area contributed by atoms with Crippen molar-refractivity contribution in [1.29, 1.82) is 0 Å². The van der Waals surface area contributed by atoms with Gasteiger partial charge in [-0.25, -0.2) is 0 Å². The van der Waals surface area contributed by atoms with Crippen LogP contribution in [0.3, 0.4) is 0 Å². The van der Waals surface area contributed by atoms with Crippen LogP contribution in [-0.2, 0) is 0 Å². The summed E-state index contributed by atoms with van der Waals surface area (Å²) in [6, 6.07) is 0. The molecule has 0 saturated carbocycles. The van der Waals surface area contributed by atoms with Gasteiger partial charge in [-0.3, -0.25) is 4.39 Å². The summed E-state index contributed by atoms with van der Waals surface area (Å²) in [6.07, 6.45) is 1.78. The largest absolute Gasteiger partial charge is 0.251 e. The maximum absolute atomic E-state index is 11.4. The highest BCUT2D eigenvalue weighted by Crippen LogP contribution is 2.02. The second-order valence-electron chi connectivity index (χ2n) is 1.59. The van der Waals surface area contributed by atoms with Gasteiger partial charge in [0, 0.05) is 0 Å². The van der Waals surface area contributed by atoms with E-state index in [1.807, 2.05) is 11.8 Å². The Hall–Kier alpha value is 0.280. The van der Waals surface area contributed by atoms with Gasteiger partial charge in [-0.15, -0.1) is 0 Å². The zero-order valence-corrected chi connectivity index (χ0v) is 6.14. The summed E-state index contributed by atoms with van der Waals surface area (Å²) in [7, 11) is 0. The van der Waals surface area contributed by atoms with E-state index < -0.39 is 0 Å². The minimum absolute atomic E-state index is 0.149. The Kier molecular flexibility index (Phi) is 7.53. The number of unbranched alkanes of at least 4 members (excludes halogenated alkanes) is 1. The van der Waals surface area contributed by atoms with Crippen molar-refractivity contribution in [1.82, 2.24) is 0 Å². The van der Waals surface area contributed by atoms with Crippen molar-refractivity contribution < 1.29 is 4.39 Å². The number of rotatable bonds is 5. The molecule has 50 valence electrons. The van der Waals surface area contributed by atoms with E-state index in [1.165, 1.54) is 0 Å². The van der Waals surface area contributed by atoms with Crippen molar-refractivity contribution in [2.24, 2.45) is 0 Å². The van der Waals surface area contributed by atoms with Crippen LogP contribution in [0, 0.1) is 0 Å². The summed E-state index contributed by atoms with van der Waals surface area (Å²) in [5.74, 6) is 2.28. The smallest absolute Gasteiger partial charge is 0.0894 e. The highest BCUT2D eigenvalue weighted by molar-refractivity contribution is 7.99. The van der Waals surface area contributed by atoms with Gasteiger partial charge in [0.15, 0.2) is 0 Å². The minimum atomic E-state index is -0.149. The Morgan fingerprint density at radius 2 is 2.12 bits per heavy atom. The van der Waals surface area contributed by atoms with Crippen LogP contribution in [-0.4, -0.2) is 18.2 Å². The molecule has 2 heteroatoms. The molecule has 0 aliphatic heterocycles. The molecule has 0 amide bonds. The van der Waals surface area contributed by atoms with Gasteiger partial charge in [0.2, 0.25) is 0 Å². The second kappa shape index (κ2) is 7.28. The van der Waals surface area contributed by atoms with E-state index in [0.717, 1.165) is 24.3 Å². The van der Waals surface area contributed by atoms with Crippen LogP contribution in [0.25, 0.3) is 0 Å². The van der Waals surface area contributed by atoms with Gasteiger partial charge in [0.1, 0.15) is 0 Å². The zero-order chi connectivity index (χ0) is 6.24. The van der Waals surface area contributed by atoms with Crippen LogP contribution in [0.2, 0.25) is 0 Å². The van der Waals surface area contributed by atoms with E-state index in [0.29, 0.717) is 0 Å². The third-order valence-electron chi connectivity index (χ3n) is 0.876. The highest BCUT2D eigenvalue weighted by atomic mass is 32.2. The Morgan fingerprint density at radius 1 is 1.38 bits per heavy atom. The first-order valence-electron chi connectivity index (χ1n) is 3.05. The third-order valence-corrected chi connectivity index (χ3v) is 1.86. The number of hydrogen-bond donors (Lipinski definition) is 0. The van der Waals surface area contributed by atoms with Crippen molar-refractivity contribution in [3.63, 3.8) is 0 Å². The van der Waals surface area contributed by atoms with Crippen LogP contribution < -0.4 is 0 Å². The van der Waals surface area contributed by atoms with Gasteiger partial charge < -0.3 is 0 Å². The van der Waals surface area contributed by atoms with E-state index in [4.69, 9.17) is 0 Å². The Bertz CT molecular complexity index is 33.5. The fourth-order valence-electron chi connectivity index (χ4n) is 0.443. The lowest BCUT2D eigenvalue weighted by molar-refractivity contribution is 0.470. The number of hydrogen-bond acceptors (Lipinski definition) is 1. The normalized spacial score (nSPS) is 9.75.